The fourth-order valence-electron chi connectivity index (χ4n) is 1.49. The Morgan fingerprint density at radius 2 is 1.90 bits per heavy atom. The summed E-state index contributed by atoms with van der Waals surface area (Å²) in [5.74, 6) is -0.801. The summed E-state index contributed by atoms with van der Waals surface area (Å²) in [6.45, 7) is 7.90. The molecular weight excluding hydrogens is 278 g/mol. The molecule has 0 aliphatic rings. The van der Waals surface area contributed by atoms with Crippen molar-refractivity contribution in [3.63, 3.8) is 0 Å². The molecule has 1 aromatic rings. The summed E-state index contributed by atoms with van der Waals surface area (Å²) in [7, 11) is 0. The van der Waals surface area contributed by atoms with E-state index < -0.39 is 23.5 Å². The Morgan fingerprint density at radius 3 is 2.43 bits per heavy atom. The van der Waals surface area contributed by atoms with Crippen LogP contribution in [0.2, 0.25) is 0 Å². The molecule has 120 valence electrons. The minimum absolute atomic E-state index is 0.154. The van der Waals surface area contributed by atoms with E-state index in [1.807, 2.05) is 13.8 Å². The molecule has 1 atom stereocenters. The van der Waals surface area contributed by atoms with Crippen LogP contribution in [0.1, 0.15) is 40.5 Å². The van der Waals surface area contributed by atoms with Crippen LogP contribution in [-0.4, -0.2) is 39.4 Å². The van der Waals surface area contributed by atoms with Gasteiger partial charge in [0.1, 0.15) is 5.60 Å². The van der Waals surface area contributed by atoms with E-state index in [1.165, 1.54) is 12.1 Å². The summed E-state index contributed by atoms with van der Waals surface area (Å²) in [6.07, 6.45) is 0.540. The molecule has 0 fully saturated rings. The quantitative estimate of drug-likeness (QED) is 0.752. The van der Waals surface area contributed by atoms with Crippen LogP contribution in [0.5, 0.6) is 11.8 Å². The third-order valence-corrected chi connectivity index (χ3v) is 3.00. The number of carbonyl (C=O) groups is 1. The normalized spacial score (nSPS) is 13.0. The van der Waals surface area contributed by atoms with Crippen LogP contribution in [0.25, 0.3) is 0 Å². The molecule has 7 heteroatoms. The predicted octanol–water partition coefficient (Wildman–Crippen LogP) is 2.45. The lowest BCUT2D eigenvalue weighted by Gasteiger charge is -2.25. The van der Waals surface area contributed by atoms with Crippen molar-refractivity contribution in [3.8, 4) is 11.8 Å². The summed E-state index contributed by atoms with van der Waals surface area (Å²) in [4.78, 5) is 16.4. The van der Waals surface area contributed by atoms with Crippen LogP contribution in [0, 0.1) is 0 Å². The fourth-order valence-corrected chi connectivity index (χ4v) is 1.49. The number of ether oxygens (including phenoxy) is 2. The molecule has 1 rings (SSSR count). The molecule has 21 heavy (non-hydrogen) atoms. The topological polar surface area (TPSA) is 90.2 Å². The van der Waals surface area contributed by atoms with Gasteiger partial charge in [-0.2, -0.15) is 0 Å². The molecule has 0 aliphatic carbocycles. The van der Waals surface area contributed by atoms with Crippen molar-refractivity contribution >= 4 is 6.16 Å². The largest absolute Gasteiger partial charge is 0.534 e. The Balaban J connectivity index is 2.45. The molecule has 0 spiro atoms. The molecule has 1 heterocycles. The van der Waals surface area contributed by atoms with E-state index in [1.54, 1.807) is 13.8 Å². The number of nitrogens with zero attached hydrogens (tertiary/aromatic N) is 1. The molecule has 1 aromatic heterocycles. The molecule has 1 unspecified atom stereocenters. The number of hydrogen-bond acceptors (Lipinski definition) is 6. The number of hydrogen-bond donors (Lipinski definition) is 2. The lowest BCUT2D eigenvalue weighted by molar-refractivity contribution is -0.0458. The van der Waals surface area contributed by atoms with E-state index in [0.29, 0.717) is 17.8 Å². The van der Waals surface area contributed by atoms with Gasteiger partial charge in [-0.05, 0) is 27.2 Å². The smallest absolute Gasteiger partial charge is 0.492 e. The monoisotopic (exact) mass is 301 g/mol. The maximum absolute atomic E-state index is 11.7. The van der Waals surface area contributed by atoms with Gasteiger partial charge in [0.15, 0.2) is 0 Å². The summed E-state index contributed by atoms with van der Waals surface area (Å²) < 4.78 is 11.3. The van der Waals surface area contributed by atoms with E-state index >= 15 is 0 Å². The van der Waals surface area contributed by atoms with Gasteiger partial charge in [-0.15, -0.1) is 4.73 Å². The van der Waals surface area contributed by atoms with Gasteiger partial charge in [-0.25, -0.2) is 4.79 Å². The Morgan fingerprint density at radius 1 is 1.33 bits per heavy atom. The van der Waals surface area contributed by atoms with Gasteiger partial charge in [0.25, 0.3) is 0 Å². The molecule has 2 N–H and O–H groups in total. The standard InChI is InChI=1S/C14H23NO6/c1-5-10(2)19-9-8-14(3,4)20-13(18)21-15-11(16)6-7-12(15)17/h6-7,10,16-17H,5,8-9H2,1-4H3. The highest BCUT2D eigenvalue weighted by atomic mass is 16.8. The van der Waals surface area contributed by atoms with Crippen LogP contribution >= 0.6 is 0 Å². The summed E-state index contributed by atoms with van der Waals surface area (Å²) >= 11 is 0. The zero-order chi connectivity index (χ0) is 16.0. The van der Waals surface area contributed by atoms with Crippen LogP contribution in [0.15, 0.2) is 12.1 Å². The van der Waals surface area contributed by atoms with Crippen LogP contribution < -0.4 is 4.84 Å². The highest BCUT2D eigenvalue weighted by Gasteiger charge is 2.25. The highest BCUT2D eigenvalue weighted by molar-refractivity contribution is 5.61. The van der Waals surface area contributed by atoms with Gasteiger partial charge in [0, 0.05) is 18.6 Å². The minimum Gasteiger partial charge on any atom is -0.492 e. The summed E-state index contributed by atoms with van der Waals surface area (Å²) in [5, 5.41) is 18.7. The van der Waals surface area contributed by atoms with Gasteiger partial charge in [-0.3, -0.25) is 4.84 Å². The lowest BCUT2D eigenvalue weighted by atomic mass is 10.1. The van der Waals surface area contributed by atoms with Crippen molar-refractivity contribution < 1.29 is 29.3 Å². The van der Waals surface area contributed by atoms with Gasteiger partial charge in [0.05, 0.1) is 12.7 Å². The van der Waals surface area contributed by atoms with E-state index in [9.17, 15) is 15.0 Å². The first-order valence-electron chi connectivity index (χ1n) is 6.87. The molecule has 0 amide bonds. The van der Waals surface area contributed by atoms with Crippen LogP contribution in [0.4, 0.5) is 4.79 Å². The van der Waals surface area contributed by atoms with E-state index in [0.717, 1.165) is 6.42 Å². The lowest BCUT2D eigenvalue weighted by Crippen LogP contribution is -2.33. The second-order valence-electron chi connectivity index (χ2n) is 5.39. The molecule has 0 saturated heterocycles. The average Bonchev–Trinajstić information content (AvgIpc) is 2.69. The Kier molecular flexibility index (Phi) is 5.90. The Hall–Kier alpha value is -1.89. The van der Waals surface area contributed by atoms with Gasteiger partial charge in [0.2, 0.25) is 11.8 Å². The first kappa shape index (κ1) is 17.2. The van der Waals surface area contributed by atoms with Crippen LogP contribution in [0.3, 0.4) is 0 Å². The Labute approximate surface area is 124 Å². The third-order valence-electron chi connectivity index (χ3n) is 3.00. The third kappa shape index (κ3) is 5.55. The highest BCUT2D eigenvalue weighted by Crippen LogP contribution is 2.20. The van der Waals surface area contributed by atoms with Crippen molar-refractivity contribution in [1.29, 1.82) is 0 Å². The van der Waals surface area contributed by atoms with Crippen molar-refractivity contribution in [2.75, 3.05) is 6.61 Å². The number of aromatic nitrogens is 1. The molecule has 0 radical (unpaired) electrons. The number of carbonyl (C=O) groups excluding carboxylic acids is 1. The van der Waals surface area contributed by atoms with Crippen molar-refractivity contribution in [3.05, 3.63) is 12.1 Å². The van der Waals surface area contributed by atoms with Crippen LogP contribution in [-0.2, 0) is 9.47 Å². The Bertz CT molecular complexity index is 449. The second-order valence-corrected chi connectivity index (χ2v) is 5.39. The predicted molar refractivity (Wildman–Crippen MR) is 75.2 cm³/mol. The molecular formula is C14H23NO6. The first-order valence-corrected chi connectivity index (χ1v) is 6.87. The first-order chi connectivity index (χ1) is 9.75. The molecule has 0 aromatic carbocycles. The minimum atomic E-state index is -1.02. The van der Waals surface area contributed by atoms with E-state index in [2.05, 4.69) is 0 Å². The van der Waals surface area contributed by atoms with Crippen molar-refractivity contribution in [2.45, 2.75) is 52.2 Å². The van der Waals surface area contributed by atoms with Crippen molar-refractivity contribution in [1.82, 2.24) is 4.73 Å². The number of rotatable bonds is 7. The zero-order valence-corrected chi connectivity index (χ0v) is 12.8. The van der Waals surface area contributed by atoms with Gasteiger partial charge >= 0.3 is 6.16 Å². The average molecular weight is 301 g/mol. The maximum atomic E-state index is 11.7. The summed E-state index contributed by atoms with van der Waals surface area (Å²) in [6, 6.07) is 2.38. The fraction of sp³-hybridized carbons (Fsp3) is 0.643. The maximum Gasteiger partial charge on any atom is 0.534 e. The van der Waals surface area contributed by atoms with Gasteiger partial charge < -0.3 is 19.7 Å². The zero-order valence-electron chi connectivity index (χ0n) is 12.8. The number of aromatic hydroxyl groups is 2. The molecule has 0 saturated carbocycles. The van der Waals surface area contributed by atoms with Gasteiger partial charge in [-0.1, -0.05) is 6.92 Å². The second kappa shape index (κ2) is 7.21. The van der Waals surface area contributed by atoms with E-state index in [-0.39, 0.29) is 6.10 Å². The van der Waals surface area contributed by atoms with E-state index in [4.69, 9.17) is 14.3 Å². The summed E-state index contributed by atoms with van der Waals surface area (Å²) in [5.41, 5.74) is -0.789. The molecule has 0 bridgehead atoms. The van der Waals surface area contributed by atoms with Crippen molar-refractivity contribution in [2.24, 2.45) is 0 Å². The molecule has 0 aliphatic heterocycles. The molecule has 7 nitrogen and oxygen atoms in total. The SMILES string of the molecule is CCC(C)OCCC(C)(C)OC(=O)On1c(O)ccc1O.